The number of hydrogen-bond acceptors (Lipinski definition) is 3. The van der Waals surface area contributed by atoms with Crippen LogP contribution in [0.25, 0.3) is 31.3 Å². The van der Waals surface area contributed by atoms with E-state index in [0.29, 0.717) is 0 Å². The van der Waals surface area contributed by atoms with Crippen molar-refractivity contribution in [2.45, 2.75) is 5.60 Å². The van der Waals surface area contributed by atoms with Crippen molar-refractivity contribution in [3.05, 3.63) is 94.2 Å². The quantitative estimate of drug-likeness (QED) is 0.317. The van der Waals surface area contributed by atoms with Gasteiger partial charge in [0.15, 0.2) is 5.60 Å². The van der Waals surface area contributed by atoms with Crippen LogP contribution in [0.1, 0.15) is 16.0 Å². The predicted octanol–water partition coefficient (Wildman–Crippen LogP) is 7.03. The molecular weight excluding hydrogens is 368 g/mol. The molecule has 0 amide bonds. The molecule has 0 fully saturated rings. The van der Waals surface area contributed by atoms with Gasteiger partial charge in [-0.15, -0.1) is 22.7 Å². The molecule has 1 unspecified atom stereocenters. The third-order valence-electron chi connectivity index (χ3n) is 5.65. The first-order valence-corrected chi connectivity index (χ1v) is 10.7. The lowest BCUT2D eigenvalue weighted by atomic mass is 9.88. The van der Waals surface area contributed by atoms with Gasteiger partial charge in [0.2, 0.25) is 0 Å². The average Bonchev–Trinajstić information content (AvgIpc) is 3.37. The highest BCUT2D eigenvalue weighted by Gasteiger charge is 2.46. The Morgan fingerprint density at radius 3 is 2.33 bits per heavy atom. The van der Waals surface area contributed by atoms with Crippen molar-refractivity contribution in [1.82, 2.24) is 0 Å². The highest BCUT2D eigenvalue weighted by Crippen LogP contribution is 2.56. The minimum atomic E-state index is -0.542. The molecule has 1 aliphatic carbocycles. The lowest BCUT2D eigenvalue weighted by Gasteiger charge is -2.29. The molecule has 6 rings (SSSR count). The first-order valence-electron chi connectivity index (χ1n) is 8.97. The minimum absolute atomic E-state index is 0.542. The SMILES string of the molecule is COC1(c2cc3sccc3s2)c2ccccc2-c2cc3ccccc3cc21. The Hall–Kier alpha value is -2.46. The molecule has 2 heterocycles. The van der Waals surface area contributed by atoms with Gasteiger partial charge in [-0.1, -0.05) is 48.5 Å². The van der Waals surface area contributed by atoms with Gasteiger partial charge in [-0.3, -0.25) is 0 Å². The molecule has 0 aliphatic heterocycles. The zero-order valence-electron chi connectivity index (χ0n) is 14.7. The summed E-state index contributed by atoms with van der Waals surface area (Å²) in [5.74, 6) is 0. The molecule has 1 aliphatic rings. The topological polar surface area (TPSA) is 9.23 Å². The van der Waals surface area contributed by atoms with Gasteiger partial charge in [-0.25, -0.2) is 0 Å². The third kappa shape index (κ3) is 1.97. The lowest BCUT2D eigenvalue weighted by molar-refractivity contribution is 0.0657. The Labute approximate surface area is 165 Å². The van der Waals surface area contributed by atoms with E-state index in [0.717, 1.165) is 0 Å². The van der Waals surface area contributed by atoms with Crippen molar-refractivity contribution in [3.8, 4) is 11.1 Å². The van der Waals surface area contributed by atoms with Gasteiger partial charge in [0.1, 0.15) is 0 Å². The molecule has 0 radical (unpaired) electrons. The zero-order chi connectivity index (χ0) is 18.0. The van der Waals surface area contributed by atoms with Gasteiger partial charge >= 0.3 is 0 Å². The molecule has 130 valence electrons. The molecule has 3 heteroatoms. The number of ether oxygens (including phenoxy) is 1. The average molecular weight is 385 g/mol. The number of hydrogen-bond donors (Lipinski definition) is 0. The van der Waals surface area contributed by atoms with Crippen LogP contribution in [0.4, 0.5) is 0 Å². The maximum absolute atomic E-state index is 6.40. The monoisotopic (exact) mass is 384 g/mol. The number of fused-ring (bicyclic) bond motifs is 5. The Bertz CT molecular complexity index is 1300. The van der Waals surface area contributed by atoms with Crippen molar-refractivity contribution in [1.29, 1.82) is 0 Å². The summed E-state index contributed by atoms with van der Waals surface area (Å²) in [4.78, 5) is 1.26. The van der Waals surface area contributed by atoms with Crippen LogP contribution < -0.4 is 0 Å². The van der Waals surface area contributed by atoms with Crippen molar-refractivity contribution < 1.29 is 4.74 Å². The van der Waals surface area contributed by atoms with E-state index < -0.39 is 5.60 Å². The van der Waals surface area contributed by atoms with Gasteiger partial charge in [0, 0.05) is 32.5 Å². The Kier molecular flexibility index (Phi) is 3.19. The van der Waals surface area contributed by atoms with Crippen LogP contribution >= 0.6 is 22.7 Å². The van der Waals surface area contributed by atoms with Gasteiger partial charge in [-0.2, -0.15) is 0 Å². The molecule has 0 bridgehead atoms. The molecule has 3 aromatic carbocycles. The smallest absolute Gasteiger partial charge is 0.153 e. The Balaban J connectivity index is 1.76. The van der Waals surface area contributed by atoms with Crippen LogP contribution in [0.2, 0.25) is 0 Å². The van der Waals surface area contributed by atoms with Crippen LogP contribution in [0, 0.1) is 0 Å². The van der Waals surface area contributed by atoms with Crippen molar-refractivity contribution >= 4 is 42.8 Å². The first kappa shape index (κ1) is 15.6. The lowest BCUT2D eigenvalue weighted by Crippen LogP contribution is -2.28. The molecular formula is C24H16OS2. The van der Waals surface area contributed by atoms with Gasteiger partial charge in [0.25, 0.3) is 0 Å². The molecule has 0 saturated heterocycles. The molecule has 0 N–H and O–H groups in total. The fourth-order valence-corrected chi connectivity index (χ4v) is 6.76. The molecule has 5 aromatic rings. The number of thiophene rings is 2. The summed E-state index contributed by atoms with van der Waals surface area (Å²) in [6.07, 6.45) is 0. The predicted molar refractivity (Wildman–Crippen MR) is 116 cm³/mol. The summed E-state index contributed by atoms with van der Waals surface area (Å²) in [6.45, 7) is 0. The molecule has 0 saturated carbocycles. The number of benzene rings is 3. The van der Waals surface area contributed by atoms with E-state index in [-0.39, 0.29) is 0 Å². The fraction of sp³-hybridized carbons (Fsp3) is 0.0833. The highest BCUT2D eigenvalue weighted by atomic mass is 32.1. The summed E-state index contributed by atoms with van der Waals surface area (Å²) >= 11 is 3.64. The maximum atomic E-state index is 6.40. The van der Waals surface area contributed by atoms with Crippen LogP contribution in [0.5, 0.6) is 0 Å². The second-order valence-electron chi connectivity index (χ2n) is 6.94. The summed E-state index contributed by atoms with van der Waals surface area (Å²) in [5.41, 5.74) is 4.50. The maximum Gasteiger partial charge on any atom is 0.153 e. The van der Waals surface area contributed by atoms with Crippen LogP contribution in [0.3, 0.4) is 0 Å². The molecule has 0 spiro atoms. The zero-order valence-corrected chi connectivity index (χ0v) is 16.4. The fourth-order valence-electron chi connectivity index (χ4n) is 4.45. The third-order valence-corrected chi connectivity index (χ3v) is 7.85. The summed E-state index contributed by atoms with van der Waals surface area (Å²) in [7, 11) is 1.84. The van der Waals surface area contributed by atoms with Crippen molar-refractivity contribution in [2.24, 2.45) is 0 Å². The van der Waals surface area contributed by atoms with Crippen molar-refractivity contribution in [3.63, 3.8) is 0 Å². The molecule has 2 aromatic heterocycles. The largest absolute Gasteiger partial charge is 0.363 e. The summed E-state index contributed by atoms with van der Waals surface area (Å²) in [5, 5.41) is 4.68. The standard InChI is InChI=1S/C24H16OS2/c1-25-24(23-14-22-21(27-23)10-11-26-22)19-9-5-4-8-17(19)18-12-15-6-2-3-7-16(15)13-20(18)24/h2-14H,1H3. The molecule has 1 atom stereocenters. The van der Waals surface area contributed by atoms with Crippen LogP contribution in [0.15, 0.2) is 78.2 Å². The molecule has 27 heavy (non-hydrogen) atoms. The van der Waals surface area contributed by atoms with E-state index in [1.54, 1.807) is 11.3 Å². The number of rotatable bonds is 2. The van der Waals surface area contributed by atoms with Gasteiger partial charge < -0.3 is 4.74 Å². The Morgan fingerprint density at radius 2 is 1.52 bits per heavy atom. The minimum Gasteiger partial charge on any atom is -0.363 e. The van der Waals surface area contributed by atoms with E-state index in [1.807, 2.05) is 18.4 Å². The van der Waals surface area contributed by atoms with E-state index >= 15 is 0 Å². The highest BCUT2D eigenvalue weighted by molar-refractivity contribution is 7.27. The second-order valence-corrected chi connectivity index (χ2v) is 8.97. The summed E-state index contributed by atoms with van der Waals surface area (Å²) < 4.78 is 9.06. The van der Waals surface area contributed by atoms with E-state index in [2.05, 4.69) is 78.2 Å². The van der Waals surface area contributed by atoms with E-state index in [4.69, 9.17) is 4.74 Å². The van der Waals surface area contributed by atoms with Crippen LogP contribution in [-0.4, -0.2) is 7.11 Å². The first-order chi connectivity index (χ1) is 13.3. The second kappa shape index (κ2) is 5.52. The van der Waals surface area contributed by atoms with Gasteiger partial charge in [0.05, 0.1) is 0 Å². The van der Waals surface area contributed by atoms with Crippen LogP contribution in [-0.2, 0) is 10.3 Å². The van der Waals surface area contributed by atoms with Crippen molar-refractivity contribution in [2.75, 3.05) is 7.11 Å². The van der Waals surface area contributed by atoms with E-state index in [9.17, 15) is 0 Å². The van der Waals surface area contributed by atoms with E-state index in [1.165, 1.54) is 47.3 Å². The Morgan fingerprint density at radius 1 is 0.741 bits per heavy atom. The normalized spacial score (nSPS) is 18.1. The number of methoxy groups -OCH3 is 1. The summed E-state index contributed by atoms with van der Waals surface area (Å²) in [6, 6.07) is 26.4. The molecule has 1 nitrogen and oxygen atoms in total. The van der Waals surface area contributed by atoms with Gasteiger partial charge in [-0.05, 0) is 51.5 Å².